The van der Waals surface area contributed by atoms with E-state index in [-0.39, 0.29) is 11.4 Å². The van der Waals surface area contributed by atoms with Gasteiger partial charge in [-0.1, -0.05) is 0 Å². The third kappa shape index (κ3) is 3.29. The first-order valence-corrected chi connectivity index (χ1v) is 5.42. The summed E-state index contributed by atoms with van der Waals surface area (Å²) in [5, 5.41) is 3.00. The van der Waals surface area contributed by atoms with Crippen molar-refractivity contribution in [3.63, 3.8) is 0 Å². The van der Waals surface area contributed by atoms with Gasteiger partial charge in [0.2, 0.25) is 5.91 Å². The van der Waals surface area contributed by atoms with Gasteiger partial charge in [-0.25, -0.2) is 0 Å². The lowest BCUT2D eigenvalue weighted by Gasteiger charge is -2.41. The van der Waals surface area contributed by atoms with Crippen LogP contribution in [-0.2, 0) is 4.79 Å². The lowest BCUT2D eigenvalue weighted by molar-refractivity contribution is -0.120. The summed E-state index contributed by atoms with van der Waals surface area (Å²) in [6.45, 7) is 10.4. The highest BCUT2D eigenvalue weighted by atomic mass is 16.1. The predicted octanol–water partition coefficient (Wildman–Crippen LogP) is 1.39. The van der Waals surface area contributed by atoms with Gasteiger partial charge in [0.15, 0.2) is 0 Å². The molecule has 0 unspecified atom stereocenters. The SMILES string of the molecule is CC(=O)N[C@H]1CCCN(C(C)(C)C)C1. The zero-order chi connectivity index (χ0) is 10.8. The second-order valence-corrected chi connectivity index (χ2v) is 5.16. The molecule has 3 nitrogen and oxygen atoms in total. The predicted molar refractivity (Wildman–Crippen MR) is 58.2 cm³/mol. The molecule has 1 N–H and O–H groups in total. The first-order valence-electron chi connectivity index (χ1n) is 5.42. The highest BCUT2D eigenvalue weighted by molar-refractivity contribution is 5.73. The minimum absolute atomic E-state index is 0.0887. The molecule has 1 aliphatic heterocycles. The van der Waals surface area contributed by atoms with E-state index in [0.29, 0.717) is 6.04 Å². The molecule has 14 heavy (non-hydrogen) atoms. The highest BCUT2D eigenvalue weighted by Crippen LogP contribution is 2.19. The molecule has 1 atom stereocenters. The van der Waals surface area contributed by atoms with Crippen molar-refractivity contribution in [3.05, 3.63) is 0 Å². The van der Waals surface area contributed by atoms with Crippen molar-refractivity contribution in [2.24, 2.45) is 0 Å². The minimum atomic E-state index is 0.0887. The number of piperidine rings is 1. The lowest BCUT2D eigenvalue weighted by Crippen LogP contribution is -2.53. The summed E-state index contributed by atoms with van der Waals surface area (Å²) in [6.07, 6.45) is 2.30. The Hall–Kier alpha value is -0.570. The van der Waals surface area contributed by atoms with Gasteiger partial charge in [0.1, 0.15) is 0 Å². The van der Waals surface area contributed by atoms with E-state index >= 15 is 0 Å². The number of likely N-dealkylation sites (tertiary alicyclic amines) is 1. The molecule has 1 aliphatic rings. The third-order valence-corrected chi connectivity index (χ3v) is 2.78. The standard InChI is InChI=1S/C11H22N2O/c1-9(14)12-10-6-5-7-13(8-10)11(2,3)4/h10H,5-8H2,1-4H3,(H,12,14)/t10-/m0/s1. The molecule has 0 aromatic carbocycles. The molecule has 0 aromatic heterocycles. The number of nitrogens with zero attached hydrogens (tertiary/aromatic N) is 1. The number of hydrogen-bond acceptors (Lipinski definition) is 2. The second-order valence-electron chi connectivity index (χ2n) is 5.16. The van der Waals surface area contributed by atoms with Crippen molar-refractivity contribution in [2.75, 3.05) is 13.1 Å². The van der Waals surface area contributed by atoms with Gasteiger partial charge in [0, 0.05) is 25.0 Å². The molecule has 0 radical (unpaired) electrons. The molecule has 1 amide bonds. The van der Waals surface area contributed by atoms with Crippen molar-refractivity contribution in [2.45, 2.75) is 52.1 Å². The van der Waals surface area contributed by atoms with Crippen LogP contribution in [0.15, 0.2) is 0 Å². The van der Waals surface area contributed by atoms with Crippen LogP contribution in [0.25, 0.3) is 0 Å². The summed E-state index contributed by atoms with van der Waals surface area (Å²) in [5.74, 6) is 0.0887. The van der Waals surface area contributed by atoms with E-state index in [1.165, 1.54) is 6.42 Å². The monoisotopic (exact) mass is 198 g/mol. The molecule has 0 aromatic rings. The van der Waals surface area contributed by atoms with Crippen LogP contribution in [0.4, 0.5) is 0 Å². The Bertz CT molecular complexity index is 208. The molecule has 1 heterocycles. The van der Waals surface area contributed by atoms with E-state index < -0.39 is 0 Å². The van der Waals surface area contributed by atoms with Crippen LogP contribution >= 0.6 is 0 Å². The molecule has 1 fully saturated rings. The average molecular weight is 198 g/mol. The summed E-state index contributed by atoms with van der Waals surface area (Å²) >= 11 is 0. The molecular formula is C11H22N2O. The smallest absolute Gasteiger partial charge is 0.217 e. The number of hydrogen-bond donors (Lipinski definition) is 1. The molecule has 1 rings (SSSR count). The van der Waals surface area contributed by atoms with Gasteiger partial charge in [0.05, 0.1) is 0 Å². The maximum atomic E-state index is 10.9. The minimum Gasteiger partial charge on any atom is -0.352 e. The molecule has 1 saturated heterocycles. The van der Waals surface area contributed by atoms with E-state index in [1.54, 1.807) is 6.92 Å². The van der Waals surface area contributed by atoms with E-state index in [2.05, 4.69) is 31.0 Å². The summed E-state index contributed by atoms with van der Waals surface area (Å²) < 4.78 is 0. The molecule has 0 bridgehead atoms. The Morgan fingerprint density at radius 2 is 2.07 bits per heavy atom. The fourth-order valence-electron chi connectivity index (χ4n) is 1.99. The number of carbonyl (C=O) groups excluding carboxylic acids is 1. The first kappa shape index (κ1) is 11.5. The van der Waals surface area contributed by atoms with Crippen LogP contribution in [0.5, 0.6) is 0 Å². The quantitative estimate of drug-likeness (QED) is 0.690. The van der Waals surface area contributed by atoms with Crippen molar-refractivity contribution in [3.8, 4) is 0 Å². The number of carbonyl (C=O) groups is 1. The van der Waals surface area contributed by atoms with Gasteiger partial charge in [-0.2, -0.15) is 0 Å². The number of rotatable bonds is 1. The summed E-state index contributed by atoms with van der Waals surface area (Å²) in [5.41, 5.74) is 0.219. The molecule has 0 saturated carbocycles. The zero-order valence-electron chi connectivity index (χ0n) is 9.76. The van der Waals surface area contributed by atoms with Gasteiger partial charge < -0.3 is 5.32 Å². The summed E-state index contributed by atoms with van der Waals surface area (Å²) in [6, 6.07) is 0.348. The van der Waals surface area contributed by atoms with Crippen molar-refractivity contribution in [1.29, 1.82) is 0 Å². The largest absolute Gasteiger partial charge is 0.352 e. The maximum absolute atomic E-state index is 10.9. The average Bonchev–Trinajstić information content (AvgIpc) is 2.01. The van der Waals surface area contributed by atoms with Gasteiger partial charge in [-0.15, -0.1) is 0 Å². The Balaban J connectivity index is 2.48. The summed E-state index contributed by atoms with van der Waals surface area (Å²) in [7, 11) is 0. The topological polar surface area (TPSA) is 32.3 Å². The molecular weight excluding hydrogens is 176 g/mol. The Morgan fingerprint density at radius 3 is 2.57 bits per heavy atom. The van der Waals surface area contributed by atoms with Crippen molar-refractivity contribution >= 4 is 5.91 Å². The van der Waals surface area contributed by atoms with Crippen LogP contribution in [0.1, 0.15) is 40.5 Å². The second kappa shape index (κ2) is 4.30. The van der Waals surface area contributed by atoms with Crippen molar-refractivity contribution in [1.82, 2.24) is 10.2 Å². The molecule has 0 spiro atoms. The number of amides is 1. The normalized spacial score (nSPS) is 24.7. The highest BCUT2D eigenvalue weighted by Gasteiger charge is 2.27. The van der Waals surface area contributed by atoms with E-state index in [9.17, 15) is 4.79 Å². The van der Waals surface area contributed by atoms with E-state index in [0.717, 1.165) is 19.5 Å². The first-order chi connectivity index (χ1) is 6.39. The van der Waals surface area contributed by atoms with Gasteiger partial charge >= 0.3 is 0 Å². The van der Waals surface area contributed by atoms with E-state index in [1.807, 2.05) is 0 Å². The van der Waals surface area contributed by atoms with Gasteiger partial charge in [-0.05, 0) is 40.2 Å². The Kier molecular flexibility index (Phi) is 3.53. The van der Waals surface area contributed by atoms with Gasteiger partial charge in [-0.3, -0.25) is 9.69 Å². The summed E-state index contributed by atoms with van der Waals surface area (Å²) in [4.78, 5) is 13.4. The molecule has 3 heteroatoms. The van der Waals surface area contributed by atoms with E-state index in [4.69, 9.17) is 0 Å². The Morgan fingerprint density at radius 1 is 1.43 bits per heavy atom. The Labute approximate surface area is 86.9 Å². The van der Waals surface area contributed by atoms with Crippen LogP contribution in [0, 0.1) is 0 Å². The van der Waals surface area contributed by atoms with Crippen molar-refractivity contribution < 1.29 is 4.79 Å². The lowest BCUT2D eigenvalue weighted by atomic mass is 9.98. The van der Waals surface area contributed by atoms with Crippen LogP contribution < -0.4 is 5.32 Å². The van der Waals surface area contributed by atoms with Crippen LogP contribution in [-0.4, -0.2) is 35.5 Å². The number of nitrogens with one attached hydrogen (secondary N) is 1. The van der Waals surface area contributed by atoms with Gasteiger partial charge in [0.25, 0.3) is 0 Å². The van der Waals surface area contributed by atoms with Crippen LogP contribution in [0.2, 0.25) is 0 Å². The fourth-order valence-corrected chi connectivity index (χ4v) is 1.99. The molecule has 0 aliphatic carbocycles. The van der Waals surface area contributed by atoms with Crippen LogP contribution in [0.3, 0.4) is 0 Å². The fraction of sp³-hybridized carbons (Fsp3) is 0.909. The molecule has 82 valence electrons. The maximum Gasteiger partial charge on any atom is 0.217 e. The third-order valence-electron chi connectivity index (χ3n) is 2.78. The zero-order valence-corrected chi connectivity index (χ0v) is 9.76.